The van der Waals surface area contributed by atoms with E-state index in [2.05, 4.69) is 16.5 Å². The van der Waals surface area contributed by atoms with E-state index in [1.807, 2.05) is 18.2 Å². The van der Waals surface area contributed by atoms with Crippen molar-refractivity contribution in [2.75, 3.05) is 13.2 Å². The lowest BCUT2D eigenvalue weighted by molar-refractivity contribution is -0.122. The summed E-state index contributed by atoms with van der Waals surface area (Å²) in [4.78, 5) is 24.5. The van der Waals surface area contributed by atoms with Crippen LogP contribution in [0.1, 0.15) is 17.2 Å². The van der Waals surface area contributed by atoms with Gasteiger partial charge in [0.1, 0.15) is 18.5 Å². The summed E-state index contributed by atoms with van der Waals surface area (Å²) in [6.07, 6.45) is 0.648. The molecule has 0 bridgehead atoms. The molecule has 0 saturated heterocycles. The van der Waals surface area contributed by atoms with Gasteiger partial charge in [0.15, 0.2) is 0 Å². The Balaban J connectivity index is 1.43. The second kappa shape index (κ2) is 8.36. The molecule has 2 aromatic carbocycles. The van der Waals surface area contributed by atoms with Crippen molar-refractivity contribution in [3.05, 3.63) is 88.0 Å². The van der Waals surface area contributed by atoms with E-state index in [0.717, 1.165) is 16.7 Å². The van der Waals surface area contributed by atoms with E-state index in [1.54, 1.807) is 18.2 Å². The van der Waals surface area contributed by atoms with Crippen LogP contribution in [0.15, 0.2) is 65.5 Å². The number of rotatable bonds is 5. The summed E-state index contributed by atoms with van der Waals surface area (Å²) in [5.41, 5.74) is 3.07. The van der Waals surface area contributed by atoms with Crippen LogP contribution in [0.3, 0.4) is 0 Å². The highest BCUT2D eigenvalue weighted by Gasteiger charge is 2.21. The summed E-state index contributed by atoms with van der Waals surface area (Å²) >= 11 is 0. The van der Waals surface area contributed by atoms with Gasteiger partial charge in [-0.25, -0.2) is 9.07 Å². The van der Waals surface area contributed by atoms with Gasteiger partial charge in [0.25, 0.3) is 5.56 Å². The summed E-state index contributed by atoms with van der Waals surface area (Å²) in [7, 11) is 0. The molecule has 1 atom stereocenters. The first-order chi connectivity index (χ1) is 14.1. The van der Waals surface area contributed by atoms with Crippen molar-refractivity contribution in [2.45, 2.75) is 19.1 Å². The molecule has 3 aromatic rings. The van der Waals surface area contributed by atoms with E-state index in [9.17, 15) is 14.0 Å². The Bertz CT molecular complexity index is 1080. The van der Waals surface area contributed by atoms with Crippen LogP contribution < -0.4 is 10.9 Å². The van der Waals surface area contributed by atoms with Gasteiger partial charge in [0.2, 0.25) is 5.91 Å². The number of benzene rings is 2. The van der Waals surface area contributed by atoms with Gasteiger partial charge in [-0.15, -0.1) is 0 Å². The normalized spacial score (nSPS) is 15.6. The van der Waals surface area contributed by atoms with E-state index in [4.69, 9.17) is 4.74 Å². The predicted octanol–water partition coefficient (Wildman–Crippen LogP) is 2.48. The fourth-order valence-corrected chi connectivity index (χ4v) is 3.38. The van der Waals surface area contributed by atoms with Crippen LogP contribution in [0.5, 0.6) is 0 Å². The lowest BCUT2D eigenvalue weighted by Gasteiger charge is -2.26. The van der Waals surface area contributed by atoms with Crippen molar-refractivity contribution in [2.24, 2.45) is 0 Å². The third-order valence-corrected chi connectivity index (χ3v) is 4.88. The molecular formula is C22H20FN3O3. The average molecular weight is 393 g/mol. The van der Waals surface area contributed by atoms with Crippen LogP contribution in [0.2, 0.25) is 0 Å². The molecular weight excluding hydrogens is 373 g/mol. The Hall–Kier alpha value is -3.32. The molecule has 1 aliphatic rings. The monoisotopic (exact) mass is 393 g/mol. The molecule has 4 rings (SSSR count). The van der Waals surface area contributed by atoms with E-state index in [1.165, 1.54) is 23.8 Å². The lowest BCUT2D eigenvalue weighted by Crippen LogP contribution is -2.36. The van der Waals surface area contributed by atoms with Crippen molar-refractivity contribution in [1.82, 2.24) is 15.1 Å². The van der Waals surface area contributed by atoms with E-state index in [-0.39, 0.29) is 29.9 Å². The zero-order valence-electron chi connectivity index (χ0n) is 15.7. The van der Waals surface area contributed by atoms with E-state index < -0.39 is 0 Å². The summed E-state index contributed by atoms with van der Waals surface area (Å²) in [6.45, 7) is 0.725. The van der Waals surface area contributed by atoms with Crippen LogP contribution in [0.4, 0.5) is 4.39 Å². The minimum Gasteiger partial charge on any atom is -0.371 e. The van der Waals surface area contributed by atoms with Gasteiger partial charge >= 0.3 is 0 Å². The largest absolute Gasteiger partial charge is 0.371 e. The zero-order chi connectivity index (χ0) is 20.2. The summed E-state index contributed by atoms with van der Waals surface area (Å²) in [6, 6.07) is 16.7. The van der Waals surface area contributed by atoms with Gasteiger partial charge in [-0.2, -0.15) is 5.10 Å². The first-order valence-electron chi connectivity index (χ1n) is 9.40. The maximum atomic E-state index is 13.1. The number of fused-ring (bicyclic) bond motifs is 1. The highest BCUT2D eigenvalue weighted by molar-refractivity contribution is 5.75. The Morgan fingerprint density at radius 3 is 2.76 bits per heavy atom. The topological polar surface area (TPSA) is 73.2 Å². The molecule has 1 amide bonds. The number of carbonyl (C=O) groups is 1. The van der Waals surface area contributed by atoms with Crippen LogP contribution >= 0.6 is 0 Å². The quantitative estimate of drug-likeness (QED) is 0.723. The number of ether oxygens (including phenoxy) is 1. The number of amides is 1. The fraction of sp³-hybridized carbons (Fsp3) is 0.227. The Morgan fingerprint density at radius 1 is 1.14 bits per heavy atom. The molecule has 0 unspecified atom stereocenters. The van der Waals surface area contributed by atoms with Gasteiger partial charge in [-0.05, 0) is 47.9 Å². The van der Waals surface area contributed by atoms with Gasteiger partial charge in [0, 0.05) is 18.2 Å². The maximum Gasteiger partial charge on any atom is 0.267 e. The molecule has 1 aliphatic heterocycles. The van der Waals surface area contributed by atoms with Gasteiger partial charge in [-0.3, -0.25) is 9.59 Å². The summed E-state index contributed by atoms with van der Waals surface area (Å²) in [5, 5.41) is 7.05. The second-order valence-electron chi connectivity index (χ2n) is 6.83. The smallest absolute Gasteiger partial charge is 0.267 e. The SMILES string of the molecule is O=C(Cn1nc(-c2ccc(F)cc2)ccc1=O)NC[C@H]1OCCc2ccccc21. The first kappa shape index (κ1) is 19.0. The molecule has 1 N–H and O–H groups in total. The number of hydrogen-bond donors (Lipinski definition) is 1. The molecule has 2 heterocycles. The molecule has 6 nitrogen and oxygen atoms in total. The standard InChI is InChI=1S/C22H20FN3O3/c23-17-7-5-16(6-8-17)19-9-10-22(28)26(25-19)14-21(27)24-13-20-18-4-2-1-3-15(18)11-12-29-20/h1-10,20H,11-14H2,(H,24,27)/t20-/m1/s1. The number of halogens is 1. The van der Waals surface area contributed by atoms with Gasteiger partial charge in [0.05, 0.1) is 12.3 Å². The highest BCUT2D eigenvalue weighted by Crippen LogP contribution is 2.26. The lowest BCUT2D eigenvalue weighted by atomic mass is 9.97. The van der Waals surface area contributed by atoms with Gasteiger partial charge < -0.3 is 10.1 Å². The van der Waals surface area contributed by atoms with Crippen molar-refractivity contribution >= 4 is 5.91 Å². The number of aromatic nitrogens is 2. The minimum absolute atomic E-state index is 0.206. The van der Waals surface area contributed by atoms with E-state index in [0.29, 0.717) is 24.4 Å². The molecule has 0 aliphatic carbocycles. The molecule has 0 radical (unpaired) electrons. The van der Waals surface area contributed by atoms with Crippen molar-refractivity contribution in [1.29, 1.82) is 0 Å². The molecule has 0 fully saturated rings. The van der Waals surface area contributed by atoms with Crippen LogP contribution in [0.25, 0.3) is 11.3 Å². The molecule has 148 valence electrons. The zero-order valence-corrected chi connectivity index (χ0v) is 15.7. The van der Waals surface area contributed by atoms with Gasteiger partial charge in [-0.1, -0.05) is 24.3 Å². The molecule has 7 heteroatoms. The molecule has 1 aromatic heterocycles. The second-order valence-corrected chi connectivity index (χ2v) is 6.83. The van der Waals surface area contributed by atoms with Crippen molar-refractivity contribution in [3.63, 3.8) is 0 Å². The Morgan fingerprint density at radius 2 is 1.93 bits per heavy atom. The predicted molar refractivity (Wildman–Crippen MR) is 106 cm³/mol. The molecule has 29 heavy (non-hydrogen) atoms. The number of nitrogens with one attached hydrogen (secondary N) is 1. The number of carbonyl (C=O) groups excluding carboxylic acids is 1. The maximum absolute atomic E-state index is 13.1. The highest BCUT2D eigenvalue weighted by atomic mass is 19.1. The fourth-order valence-electron chi connectivity index (χ4n) is 3.38. The molecule has 0 saturated carbocycles. The third kappa shape index (κ3) is 4.41. The van der Waals surface area contributed by atoms with Crippen molar-refractivity contribution in [3.8, 4) is 11.3 Å². The van der Waals surface area contributed by atoms with E-state index >= 15 is 0 Å². The van der Waals surface area contributed by atoms with Crippen LogP contribution in [-0.4, -0.2) is 28.8 Å². The summed E-state index contributed by atoms with van der Waals surface area (Å²) in [5.74, 6) is -0.685. The van der Waals surface area contributed by atoms with Crippen LogP contribution in [-0.2, 0) is 22.5 Å². The minimum atomic E-state index is -0.384. The van der Waals surface area contributed by atoms with Crippen molar-refractivity contribution < 1.29 is 13.9 Å². The van der Waals surface area contributed by atoms with Crippen LogP contribution in [0, 0.1) is 5.82 Å². The summed E-state index contributed by atoms with van der Waals surface area (Å²) < 4.78 is 20.0. The molecule has 0 spiro atoms. The Kier molecular flexibility index (Phi) is 5.48. The number of nitrogens with zero attached hydrogens (tertiary/aromatic N) is 2. The first-order valence-corrected chi connectivity index (χ1v) is 9.40. The third-order valence-electron chi connectivity index (χ3n) is 4.88. The Labute approximate surface area is 166 Å². The average Bonchev–Trinajstić information content (AvgIpc) is 2.74. The number of hydrogen-bond acceptors (Lipinski definition) is 4.